The maximum atomic E-state index is 12.4. The lowest BCUT2D eigenvalue weighted by Gasteiger charge is -2.30. The Bertz CT molecular complexity index is 482. The quantitative estimate of drug-likeness (QED) is 0.850. The number of halogens is 2. The van der Waals surface area contributed by atoms with Crippen molar-refractivity contribution in [2.45, 2.75) is 32.3 Å². The lowest BCUT2D eigenvalue weighted by molar-refractivity contribution is -0.144. The number of nitrogens with zero attached hydrogens (tertiary/aromatic N) is 1. The fourth-order valence-corrected chi connectivity index (χ4v) is 2.62. The number of likely N-dealkylation sites (tertiary alicyclic amines) is 1. The van der Waals surface area contributed by atoms with Crippen molar-refractivity contribution in [2.24, 2.45) is 0 Å². The Kier molecular flexibility index (Phi) is 4.26. The van der Waals surface area contributed by atoms with Gasteiger partial charge in [-0.05, 0) is 44.9 Å². The van der Waals surface area contributed by atoms with Gasteiger partial charge in [-0.15, -0.1) is 0 Å². The second-order valence-electron chi connectivity index (χ2n) is 5.19. The van der Waals surface area contributed by atoms with Gasteiger partial charge in [0, 0.05) is 18.1 Å². The van der Waals surface area contributed by atoms with Crippen molar-refractivity contribution >= 4 is 29.1 Å². The minimum Gasteiger partial charge on any atom is -0.476 e. The van der Waals surface area contributed by atoms with Crippen molar-refractivity contribution in [3.63, 3.8) is 0 Å². The lowest BCUT2D eigenvalue weighted by Crippen LogP contribution is -2.47. The molecule has 0 aliphatic carbocycles. The predicted octanol–water partition coefficient (Wildman–Crippen LogP) is 3.77. The predicted molar refractivity (Wildman–Crippen MR) is 77.0 cm³/mol. The summed E-state index contributed by atoms with van der Waals surface area (Å²) in [5, 5.41) is 0.954. The van der Waals surface area contributed by atoms with Gasteiger partial charge in [0.2, 0.25) is 0 Å². The van der Waals surface area contributed by atoms with Gasteiger partial charge < -0.3 is 9.64 Å². The van der Waals surface area contributed by atoms with Crippen LogP contribution in [0.2, 0.25) is 10.0 Å². The average Bonchev–Trinajstić information content (AvgIpc) is 2.85. The molecule has 2 rings (SSSR count). The van der Waals surface area contributed by atoms with E-state index in [1.165, 1.54) is 0 Å². The average molecular weight is 302 g/mol. The summed E-state index contributed by atoms with van der Waals surface area (Å²) in [5.41, 5.74) is -0.929. The summed E-state index contributed by atoms with van der Waals surface area (Å²) in [7, 11) is 0. The number of rotatable bonds is 3. The van der Waals surface area contributed by atoms with Gasteiger partial charge in [-0.25, -0.2) is 0 Å². The second-order valence-corrected chi connectivity index (χ2v) is 6.03. The number of ether oxygens (including phenoxy) is 1. The Morgan fingerprint density at radius 3 is 2.47 bits per heavy atom. The van der Waals surface area contributed by atoms with Crippen LogP contribution in [0.25, 0.3) is 0 Å². The maximum Gasteiger partial charge on any atom is 0.266 e. The highest BCUT2D eigenvalue weighted by atomic mass is 35.5. The molecule has 1 fully saturated rings. The molecule has 0 atom stereocenters. The van der Waals surface area contributed by atoms with Gasteiger partial charge in [0.1, 0.15) is 5.75 Å². The van der Waals surface area contributed by atoms with Gasteiger partial charge in [-0.2, -0.15) is 0 Å². The molecule has 0 spiro atoms. The van der Waals surface area contributed by atoms with Crippen LogP contribution in [0.4, 0.5) is 0 Å². The van der Waals surface area contributed by atoms with E-state index in [-0.39, 0.29) is 5.91 Å². The van der Waals surface area contributed by atoms with Crippen molar-refractivity contribution in [1.82, 2.24) is 4.90 Å². The van der Waals surface area contributed by atoms with E-state index in [0.29, 0.717) is 15.8 Å². The van der Waals surface area contributed by atoms with Crippen LogP contribution in [0, 0.1) is 0 Å². The second kappa shape index (κ2) is 5.59. The van der Waals surface area contributed by atoms with Crippen LogP contribution in [0.15, 0.2) is 18.2 Å². The van der Waals surface area contributed by atoms with Crippen LogP contribution in [0.3, 0.4) is 0 Å². The molecule has 0 unspecified atom stereocenters. The number of carbonyl (C=O) groups excluding carboxylic acids is 1. The Balaban J connectivity index is 2.13. The zero-order valence-electron chi connectivity index (χ0n) is 11.1. The first-order chi connectivity index (χ1) is 8.90. The van der Waals surface area contributed by atoms with Gasteiger partial charge in [0.05, 0.1) is 5.02 Å². The molecule has 0 N–H and O–H groups in total. The third-order valence-corrected chi connectivity index (χ3v) is 3.70. The van der Waals surface area contributed by atoms with Gasteiger partial charge >= 0.3 is 0 Å². The molecule has 0 saturated carbocycles. The summed E-state index contributed by atoms with van der Waals surface area (Å²) in [5.74, 6) is 0.472. The van der Waals surface area contributed by atoms with Crippen molar-refractivity contribution in [2.75, 3.05) is 13.1 Å². The first kappa shape index (κ1) is 14.5. The highest BCUT2D eigenvalue weighted by molar-refractivity contribution is 6.35. The summed E-state index contributed by atoms with van der Waals surface area (Å²) in [6.07, 6.45) is 2.12. The van der Waals surface area contributed by atoms with E-state index in [9.17, 15) is 4.79 Å². The monoisotopic (exact) mass is 301 g/mol. The standard InChI is InChI=1S/C14H17Cl2NO2/c1-14(2,13(18)17-7-3-4-8-17)19-12-6-5-10(15)9-11(12)16/h5-6,9H,3-4,7-8H2,1-2H3. The van der Waals surface area contributed by atoms with E-state index >= 15 is 0 Å². The van der Waals surface area contributed by atoms with Crippen LogP contribution in [0.5, 0.6) is 5.75 Å². The molecule has 5 heteroatoms. The Hall–Kier alpha value is -0.930. The SMILES string of the molecule is CC(C)(Oc1ccc(Cl)cc1Cl)C(=O)N1CCCC1. The first-order valence-corrected chi connectivity index (χ1v) is 7.09. The summed E-state index contributed by atoms with van der Waals surface area (Å²) >= 11 is 11.9. The van der Waals surface area contributed by atoms with Crippen molar-refractivity contribution in [3.8, 4) is 5.75 Å². The van der Waals surface area contributed by atoms with E-state index in [1.54, 1.807) is 32.0 Å². The molecule has 1 aliphatic heterocycles. The van der Waals surface area contributed by atoms with Crippen molar-refractivity contribution < 1.29 is 9.53 Å². The third-order valence-electron chi connectivity index (χ3n) is 3.17. The molecule has 3 nitrogen and oxygen atoms in total. The highest BCUT2D eigenvalue weighted by Gasteiger charge is 2.35. The molecule has 0 aromatic heterocycles. The Morgan fingerprint density at radius 2 is 1.89 bits per heavy atom. The van der Waals surface area contributed by atoms with Crippen LogP contribution in [-0.4, -0.2) is 29.5 Å². The largest absolute Gasteiger partial charge is 0.476 e. The summed E-state index contributed by atoms with van der Waals surface area (Å²) in [6, 6.07) is 4.98. The number of benzene rings is 1. The number of hydrogen-bond donors (Lipinski definition) is 0. The minimum absolute atomic E-state index is 0.00369. The smallest absolute Gasteiger partial charge is 0.266 e. The van der Waals surface area contributed by atoms with Gasteiger partial charge in [0.25, 0.3) is 5.91 Å². The lowest BCUT2D eigenvalue weighted by atomic mass is 10.1. The maximum absolute atomic E-state index is 12.4. The zero-order valence-corrected chi connectivity index (χ0v) is 12.6. The molecule has 0 bridgehead atoms. The molecular formula is C14H17Cl2NO2. The molecule has 19 heavy (non-hydrogen) atoms. The molecule has 1 heterocycles. The molecule has 0 radical (unpaired) electrons. The van der Waals surface area contributed by atoms with E-state index in [1.807, 2.05) is 4.90 Å². The molecule has 1 aromatic carbocycles. The Morgan fingerprint density at radius 1 is 1.26 bits per heavy atom. The molecule has 1 saturated heterocycles. The van der Waals surface area contributed by atoms with Crippen LogP contribution in [0.1, 0.15) is 26.7 Å². The van der Waals surface area contributed by atoms with Crippen LogP contribution < -0.4 is 4.74 Å². The normalized spacial score (nSPS) is 15.7. The van der Waals surface area contributed by atoms with Crippen molar-refractivity contribution in [3.05, 3.63) is 28.2 Å². The van der Waals surface area contributed by atoms with Crippen LogP contribution >= 0.6 is 23.2 Å². The molecular weight excluding hydrogens is 285 g/mol. The summed E-state index contributed by atoms with van der Waals surface area (Å²) in [6.45, 7) is 5.14. The van der Waals surface area contributed by atoms with Crippen LogP contribution in [-0.2, 0) is 4.79 Å². The fraction of sp³-hybridized carbons (Fsp3) is 0.500. The van der Waals surface area contributed by atoms with E-state index in [0.717, 1.165) is 25.9 Å². The minimum atomic E-state index is -0.929. The Labute approximate surface area is 123 Å². The highest BCUT2D eigenvalue weighted by Crippen LogP contribution is 2.31. The topological polar surface area (TPSA) is 29.5 Å². The molecule has 1 aliphatic rings. The number of carbonyl (C=O) groups is 1. The fourth-order valence-electron chi connectivity index (χ4n) is 2.18. The number of amides is 1. The summed E-state index contributed by atoms with van der Waals surface area (Å²) < 4.78 is 5.78. The summed E-state index contributed by atoms with van der Waals surface area (Å²) in [4.78, 5) is 14.2. The van der Waals surface area contributed by atoms with E-state index in [4.69, 9.17) is 27.9 Å². The van der Waals surface area contributed by atoms with E-state index < -0.39 is 5.60 Å². The number of hydrogen-bond acceptors (Lipinski definition) is 2. The van der Waals surface area contributed by atoms with E-state index in [2.05, 4.69) is 0 Å². The third kappa shape index (κ3) is 3.34. The molecule has 1 amide bonds. The molecule has 104 valence electrons. The first-order valence-electron chi connectivity index (χ1n) is 6.33. The van der Waals surface area contributed by atoms with Crippen molar-refractivity contribution in [1.29, 1.82) is 0 Å². The van der Waals surface area contributed by atoms with Gasteiger partial charge in [-0.3, -0.25) is 4.79 Å². The van der Waals surface area contributed by atoms with Gasteiger partial charge in [0.15, 0.2) is 5.60 Å². The molecule has 1 aromatic rings. The zero-order chi connectivity index (χ0) is 14.0. The van der Waals surface area contributed by atoms with Gasteiger partial charge in [-0.1, -0.05) is 23.2 Å².